The summed E-state index contributed by atoms with van der Waals surface area (Å²) in [6, 6.07) is 6.71. The number of carbonyl (C=O) groups excluding carboxylic acids is 1. The first kappa shape index (κ1) is 15.4. The molecule has 0 spiro atoms. The maximum absolute atomic E-state index is 12.4. The van der Waals surface area contributed by atoms with Gasteiger partial charge in [0.2, 0.25) is 0 Å². The number of nitrogens with one attached hydrogen (secondary N) is 1. The molecule has 2 amide bonds. The monoisotopic (exact) mass is 317 g/mol. The SMILES string of the molecule is Cc1ccc([C@H]2CN(C(=O)Nc3cccn(C)c3=O)CCO2)o1. The number of pyridine rings is 1. The second-order valence-electron chi connectivity index (χ2n) is 5.52. The summed E-state index contributed by atoms with van der Waals surface area (Å²) in [6.45, 7) is 3.13. The molecule has 7 heteroatoms. The number of ether oxygens (including phenoxy) is 1. The van der Waals surface area contributed by atoms with Crippen LogP contribution in [0.25, 0.3) is 0 Å². The van der Waals surface area contributed by atoms with E-state index in [2.05, 4.69) is 5.32 Å². The topological polar surface area (TPSA) is 76.7 Å². The molecule has 122 valence electrons. The van der Waals surface area contributed by atoms with Crippen LogP contribution in [-0.4, -0.2) is 35.2 Å². The number of hydrogen-bond donors (Lipinski definition) is 1. The number of aromatic nitrogens is 1. The minimum Gasteiger partial charge on any atom is -0.464 e. The van der Waals surface area contributed by atoms with Gasteiger partial charge < -0.3 is 23.9 Å². The molecular formula is C16H19N3O4. The van der Waals surface area contributed by atoms with Crippen molar-refractivity contribution in [1.82, 2.24) is 9.47 Å². The van der Waals surface area contributed by atoms with Gasteiger partial charge in [0.15, 0.2) is 0 Å². The Hall–Kier alpha value is -2.54. The molecule has 1 aliphatic heterocycles. The largest absolute Gasteiger partial charge is 0.464 e. The summed E-state index contributed by atoms with van der Waals surface area (Å²) in [5.74, 6) is 1.51. The van der Waals surface area contributed by atoms with Gasteiger partial charge >= 0.3 is 6.03 Å². The molecule has 1 N–H and O–H groups in total. The van der Waals surface area contributed by atoms with Crippen LogP contribution in [0.4, 0.5) is 10.5 Å². The summed E-state index contributed by atoms with van der Waals surface area (Å²) >= 11 is 0. The summed E-state index contributed by atoms with van der Waals surface area (Å²) < 4.78 is 12.7. The number of rotatable bonds is 2. The fraction of sp³-hybridized carbons (Fsp3) is 0.375. The lowest BCUT2D eigenvalue weighted by atomic mass is 10.2. The third-order valence-corrected chi connectivity index (χ3v) is 3.80. The zero-order valence-electron chi connectivity index (χ0n) is 13.1. The van der Waals surface area contributed by atoms with E-state index in [-0.39, 0.29) is 23.4 Å². The lowest BCUT2D eigenvalue weighted by Crippen LogP contribution is -2.45. The van der Waals surface area contributed by atoms with E-state index in [4.69, 9.17) is 9.15 Å². The normalized spacial score (nSPS) is 18.0. The molecule has 3 rings (SSSR count). The molecule has 23 heavy (non-hydrogen) atoms. The Labute approximate surface area is 133 Å². The predicted molar refractivity (Wildman–Crippen MR) is 84.4 cm³/mol. The standard InChI is InChI=1S/C16H19N3O4/c1-11-5-6-13(23-11)14-10-19(8-9-22-14)16(21)17-12-4-3-7-18(2)15(12)20/h3-7,14H,8-10H2,1-2H3,(H,17,21)/t14-/m1/s1. The Morgan fingerprint density at radius 2 is 2.17 bits per heavy atom. The first-order valence-electron chi connectivity index (χ1n) is 7.44. The number of carbonyl (C=O) groups is 1. The van der Waals surface area contributed by atoms with Gasteiger partial charge in [0.05, 0.1) is 13.2 Å². The summed E-state index contributed by atoms with van der Waals surface area (Å²) in [4.78, 5) is 26.0. The van der Waals surface area contributed by atoms with Crippen LogP contribution in [0.15, 0.2) is 39.7 Å². The number of morpholine rings is 1. The van der Waals surface area contributed by atoms with Crippen LogP contribution >= 0.6 is 0 Å². The fourth-order valence-corrected chi connectivity index (χ4v) is 2.52. The molecule has 7 nitrogen and oxygen atoms in total. The Balaban J connectivity index is 1.70. The molecule has 2 aromatic heterocycles. The van der Waals surface area contributed by atoms with E-state index in [1.807, 2.05) is 19.1 Å². The molecule has 1 fully saturated rings. The van der Waals surface area contributed by atoms with E-state index < -0.39 is 0 Å². The summed E-state index contributed by atoms with van der Waals surface area (Å²) in [7, 11) is 1.64. The number of aryl methyl sites for hydroxylation is 2. The molecule has 0 unspecified atom stereocenters. The molecule has 0 bridgehead atoms. The zero-order chi connectivity index (χ0) is 16.4. The Morgan fingerprint density at radius 3 is 2.91 bits per heavy atom. The van der Waals surface area contributed by atoms with Gasteiger partial charge in [0, 0.05) is 19.8 Å². The molecule has 1 aliphatic rings. The molecule has 0 radical (unpaired) electrons. The Bertz CT molecular complexity index is 765. The van der Waals surface area contributed by atoms with Crippen molar-refractivity contribution < 1.29 is 13.9 Å². The van der Waals surface area contributed by atoms with Crippen molar-refractivity contribution in [2.75, 3.05) is 25.0 Å². The number of furan rings is 1. The van der Waals surface area contributed by atoms with E-state index in [1.54, 1.807) is 30.3 Å². The zero-order valence-corrected chi connectivity index (χ0v) is 13.1. The maximum Gasteiger partial charge on any atom is 0.322 e. The van der Waals surface area contributed by atoms with Crippen molar-refractivity contribution in [3.63, 3.8) is 0 Å². The van der Waals surface area contributed by atoms with Crippen LogP contribution in [0.3, 0.4) is 0 Å². The number of urea groups is 1. The molecule has 0 saturated carbocycles. The maximum atomic E-state index is 12.4. The van der Waals surface area contributed by atoms with Gasteiger partial charge in [-0.1, -0.05) is 0 Å². The van der Waals surface area contributed by atoms with Gasteiger partial charge in [-0.05, 0) is 31.2 Å². The van der Waals surface area contributed by atoms with E-state index in [1.165, 1.54) is 4.57 Å². The minimum atomic E-state index is -0.315. The summed E-state index contributed by atoms with van der Waals surface area (Å²) in [6.07, 6.45) is 1.35. The average Bonchev–Trinajstić information content (AvgIpc) is 2.98. The van der Waals surface area contributed by atoms with Crippen molar-refractivity contribution in [3.05, 3.63) is 52.3 Å². The third-order valence-electron chi connectivity index (χ3n) is 3.80. The second-order valence-corrected chi connectivity index (χ2v) is 5.52. The Kier molecular flexibility index (Phi) is 4.20. The van der Waals surface area contributed by atoms with E-state index in [9.17, 15) is 9.59 Å². The van der Waals surface area contributed by atoms with Crippen LogP contribution in [0.5, 0.6) is 0 Å². The van der Waals surface area contributed by atoms with Gasteiger partial charge in [-0.2, -0.15) is 0 Å². The van der Waals surface area contributed by atoms with Gasteiger partial charge in [0.1, 0.15) is 23.3 Å². The molecule has 0 aliphatic carbocycles. The van der Waals surface area contributed by atoms with Crippen molar-refractivity contribution in [2.45, 2.75) is 13.0 Å². The average molecular weight is 317 g/mol. The van der Waals surface area contributed by atoms with Gasteiger partial charge in [-0.25, -0.2) is 4.79 Å². The number of amides is 2. The highest BCUT2D eigenvalue weighted by Crippen LogP contribution is 2.24. The molecule has 1 saturated heterocycles. The molecule has 1 atom stereocenters. The van der Waals surface area contributed by atoms with Crippen LogP contribution in [-0.2, 0) is 11.8 Å². The molecule has 3 heterocycles. The summed E-state index contributed by atoms with van der Waals surface area (Å²) in [5, 5.41) is 2.67. The van der Waals surface area contributed by atoms with Crippen molar-refractivity contribution >= 4 is 11.7 Å². The number of hydrogen-bond acceptors (Lipinski definition) is 4. The number of anilines is 1. The smallest absolute Gasteiger partial charge is 0.322 e. The van der Waals surface area contributed by atoms with Crippen molar-refractivity contribution in [1.29, 1.82) is 0 Å². The lowest BCUT2D eigenvalue weighted by Gasteiger charge is -2.31. The van der Waals surface area contributed by atoms with Crippen LogP contribution < -0.4 is 10.9 Å². The van der Waals surface area contributed by atoms with Gasteiger partial charge in [0.25, 0.3) is 5.56 Å². The second kappa shape index (κ2) is 6.29. The minimum absolute atomic E-state index is 0.243. The highest BCUT2D eigenvalue weighted by molar-refractivity contribution is 5.89. The van der Waals surface area contributed by atoms with Crippen LogP contribution in [0.1, 0.15) is 17.6 Å². The molecular weight excluding hydrogens is 298 g/mol. The first-order chi connectivity index (χ1) is 11.0. The lowest BCUT2D eigenvalue weighted by molar-refractivity contribution is -0.0246. The van der Waals surface area contributed by atoms with Gasteiger partial charge in [-0.15, -0.1) is 0 Å². The van der Waals surface area contributed by atoms with Crippen molar-refractivity contribution in [2.24, 2.45) is 7.05 Å². The molecule has 0 aromatic carbocycles. The fourth-order valence-electron chi connectivity index (χ4n) is 2.52. The van der Waals surface area contributed by atoms with Crippen LogP contribution in [0.2, 0.25) is 0 Å². The highest BCUT2D eigenvalue weighted by Gasteiger charge is 2.27. The third kappa shape index (κ3) is 3.29. The van der Waals surface area contributed by atoms with E-state index in [0.717, 1.165) is 5.76 Å². The van der Waals surface area contributed by atoms with Gasteiger partial charge in [-0.3, -0.25) is 4.79 Å². The quantitative estimate of drug-likeness (QED) is 0.917. The first-order valence-corrected chi connectivity index (χ1v) is 7.44. The predicted octanol–water partition coefficient (Wildman–Crippen LogP) is 1.89. The summed E-state index contributed by atoms with van der Waals surface area (Å²) in [5.41, 5.74) is 0.0178. The van der Waals surface area contributed by atoms with Crippen molar-refractivity contribution in [3.8, 4) is 0 Å². The van der Waals surface area contributed by atoms with Crippen LogP contribution in [0, 0.1) is 6.92 Å². The highest BCUT2D eigenvalue weighted by atomic mass is 16.5. The Morgan fingerprint density at radius 1 is 1.35 bits per heavy atom. The number of nitrogens with zero attached hydrogens (tertiary/aromatic N) is 2. The van der Waals surface area contributed by atoms with E-state index >= 15 is 0 Å². The molecule has 2 aromatic rings. The van der Waals surface area contributed by atoms with E-state index in [0.29, 0.717) is 25.5 Å².